The van der Waals surface area contributed by atoms with Gasteiger partial charge >= 0.3 is 0 Å². The molecule has 0 saturated carbocycles. The van der Waals surface area contributed by atoms with Crippen molar-refractivity contribution in [2.24, 2.45) is 0 Å². The number of hydroxylamine groups is 2. The van der Waals surface area contributed by atoms with Crippen molar-refractivity contribution in [3.63, 3.8) is 0 Å². The molecule has 0 fully saturated rings. The van der Waals surface area contributed by atoms with Crippen LogP contribution >= 0.6 is 0 Å². The minimum atomic E-state index is -0.341. The fraction of sp³-hybridized carbons (Fsp3) is 0.136. The van der Waals surface area contributed by atoms with Gasteiger partial charge in [-0.3, -0.25) is 10.0 Å². The molecule has 0 radical (unpaired) electrons. The van der Waals surface area contributed by atoms with Crippen molar-refractivity contribution in [2.75, 3.05) is 0 Å². The van der Waals surface area contributed by atoms with E-state index >= 15 is 0 Å². The topological polar surface area (TPSA) is 49.8 Å². The molecule has 0 saturated heterocycles. The summed E-state index contributed by atoms with van der Waals surface area (Å²) in [5.41, 5.74) is 2.81. The van der Waals surface area contributed by atoms with Gasteiger partial charge in [-0.1, -0.05) is 72.8 Å². The van der Waals surface area contributed by atoms with E-state index in [1.807, 2.05) is 84.9 Å². The normalized spacial score (nSPS) is 10.3. The first-order valence-corrected chi connectivity index (χ1v) is 8.49. The predicted molar refractivity (Wildman–Crippen MR) is 99.7 cm³/mol. The molecule has 132 valence electrons. The highest BCUT2D eigenvalue weighted by Gasteiger charge is 2.12. The molecule has 0 aromatic heterocycles. The Labute approximate surface area is 153 Å². The van der Waals surface area contributed by atoms with Gasteiger partial charge in [0.05, 0.1) is 13.0 Å². The lowest BCUT2D eigenvalue weighted by molar-refractivity contribution is -0.167. The standard InChI is InChI=1S/C22H21NO3/c24-22(23(25)16-19-7-3-1-4-8-19)15-18-11-13-21(14-12-18)26-17-20-9-5-2-6-10-20/h1-14,25H,15-17H2. The average Bonchev–Trinajstić information content (AvgIpc) is 2.69. The number of benzene rings is 3. The van der Waals surface area contributed by atoms with Crippen LogP contribution in [0.5, 0.6) is 5.75 Å². The van der Waals surface area contributed by atoms with Crippen molar-refractivity contribution < 1.29 is 14.7 Å². The first kappa shape index (κ1) is 17.7. The molecule has 0 unspecified atom stereocenters. The van der Waals surface area contributed by atoms with Crippen molar-refractivity contribution >= 4 is 5.91 Å². The molecule has 0 spiro atoms. The van der Waals surface area contributed by atoms with Crippen LogP contribution in [0.4, 0.5) is 0 Å². The molecule has 0 bridgehead atoms. The van der Waals surface area contributed by atoms with Crippen LogP contribution in [0.2, 0.25) is 0 Å². The van der Waals surface area contributed by atoms with E-state index in [2.05, 4.69) is 0 Å². The summed E-state index contributed by atoms with van der Waals surface area (Å²) in [6.45, 7) is 0.679. The van der Waals surface area contributed by atoms with Gasteiger partial charge in [0.25, 0.3) is 5.91 Å². The summed E-state index contributed by atoms with van der Waals surface area (Å²) in [7, 11) is 0. The molecule has 0 aliphatic carbocycles. The summed E-state index contributed by atoms with van der Waals surface area (Å²) >= 11 is 0. The number of carbonyl (C=O) groups is 1. The quantitative estimate of drug-likeness (QED) is 0.514. The molecule has 4 heteroatoms. The molecule has 1 amide bonds. The Bertz CT molecular complexity index is 817. The Kier molecular flexibility index (Phi) is 6.01. The highest BCUT2D eigenvalue weighted by Crippen LogP contribution is 2.15. The second kappa shape index (κ2) is 8.83. The monoisotopic (exact) mass is 347 g/mol. The van der Waals surface area contributed by atoms with E-state index in [4.69, 9.17) is 4.74 Å². The number of hydrogen-bond donors (Lipinski definition) is 1. The lowest BCUT2D eigenvalue weighted by Crippen LogP contribution is -2.28. The van der Waals surface area contributed by atoms with E-state index in [1.54, 1.807) is 0 Å². The van der Waals surface area contributed by atoms with Crippen molar-refractivity contribution in [3.8, 4) is 5.75 Å². The van der Waals surface area contributed by atoms with Gasteiger partial charge in [0.15, 0.2) is 0 Å². The van der Waals surface area contributed by atoms with E-state index < -0.39 is 0 Å². The second-order valence-corrected chi connectivity index (χ2v) is 6.03. The summed E-state index contributed by atoms with van der Waals surface area (Å²) in [5.74, 6) is 0.405. The Morgan fingerprint density at radius 2 is 1.35 bits per heavy atom. The molecule has 0 atom stereocenters. The molecular formula is C22H21NO3. The third-order valence-corrected chi connectivity index (χ3v) is 3.99. The van der Waals surface area contributed by atoms with Crippen molar-refractivity contribution in [2.45, 2.75) is 19.6 Å². The molecule has 3 aromatic rings. The van der Waals surface area contributed by atoms with Gasteiger partial charge in [0, 0.05) is 0 Å². The highest BCUT2D eigenvalue weighted by atomic mass is 16.5. The molecule has 0 aliphatic heterocycles. The van der Waals surface area contributed by atoms with Crippen LogP contribution in [-0.4, -0.2) is 16.2 Å². The van der Waals surface area contributed by atoms with Crippen LogP contribution in [0, 0.1) is 0 Å². The summed E-state index contributed by atoms with van der Waals surface area (Å²) in [6.07, 6.45) is 0.141. The number of ether oxygens (including phenoxy) is 1. The van der Waals surface area contributed by atoms with Crippen LogP contribution in [-0.2, 0) is 24.4 Å². The Balaban J connectivity index is 1.51. The SMILES string of the molecule is O=C(Cc1ccc(OCc2ccccc2)cc1)N(O)Cc1ccccc1. The lowest BCUT2D eigenvalue weighted by atomic mass is 10.1. The summed E-state index contributed by atoms with van der Waals surface area (Å²) in [5, 5.41) is 10.7. The van der Waals surface area contributed by atoms with Gasteiger partial charge in [0.2, 0.25) is 0 Å². The molecule has 0 aliphatic rings. The average molecular weight is 347 g/mol. The van der Waals surface area contributed by atoms with Crippen LogP contribution in [0.25, 0.3) is 0 Å². The number of hydrogen-bond acceptors (Lipinski definition) is 3. The lowest BCUT2D eigenvalue weighted by Gasteiger charge is -2.15. The molecule has 1 N–H and O–H groups in total. The van der Waals surface area contributed by atoms with Gasteiger partial charge in [-0.05, 0) is 28.8 Å². The highest BCUT2D eigenvalue weighted by molar-refractivity contribution is 5.77. The molecule has 0 heterocycles. The van der Waals surface area contributed by atoms with E-state index in [0.29, 0.717) is 6.61 Å². The molecule has 26 heavy (non-hydrogen) atoms. The summed E-state index contributed by atoms with van der Waals surface area (Å²) in [6, 6.07) is 26.7. The second-order valence-electron chi connectivity index (χ2n) is 6.03. The summed E-state index contributed by atoms with van der Waals surface area (Å²) < 4.78 is 5.73. The van der Waals surface area contributed by atoms with E-state index in [1.165, 1.54) is 0 Å². The maximum atomic E-state index is 12.2. The molecule has 4 nitrogen and oxygen atoms in total. The number of amides is 1. The van der Waals surface area contributed by atoms with Crippen LogP contribution in [0.1, 0.15) is 16.7 Å². The van der Waals surface area contributed by atoms with Gasteiger partial charge in [-0.25, -0.2) is 5.06 Å². The van der Waals surface area contributed by atoms with E-state index in [9.17, 15) is 10.0 Å². The minimum Gasteiger partial charge on any atom is -0.489 e. The fourth-order valence-corrected chi connectivity index (χ4v) is 2.55. The number of rotatable bonds is 7. The van der Waals surface area contributed by atoms with E-state index in [0.717, 1.165) is 27.5 Å². The first-order chi connectivity index (χ1) is 12.7. The Hall–Kier alpha value is -3.11. The third kappa shape index (κ3) is 5.19. The molecular weight excluding hydrogens is 326 g/mol. The zero-order chi connectivity index (χ0) is 18.2. The largest absolute Gasteiger partial charge is 0.489 e. The van der Waals surface area contributed by atoms with Crippen molar-refractivity contribution in [1.82, 2.24) is 5.06 Å². The van der Waals surface area contributed by atoms with Crippen LogP contribution < -0.4 is 4.74 Å². The smallest absolute Gasteiger partial charge is 0.250 e. The predicted octanol–water partition coefficient (Wildman–Crippen LogP) is 4.23. The van der Waals surface area contributed by atoms with Crippen molar-refractivity contribution in [1.29, 1.82) is 0 Å². The molecule has 3 aromatic carbocycles. The number of nitrogens with zero attached hydrogens (tertiary/aromatic N) is 1. The van der Waals surface area contributed by atoms with Gasteiger partial charge in [-0.15, -0.1) is 0 Å². The third-order valence-electron chi connectivity index (χ3n) is 3.99. The van der Waals surface area contributed by atoms with Gasteiger partial charge in [-0.2, -0.15) is 0 Å². The zero-order valence-corrected chi connectivity index (χ0v) is 14.4. The summed E-state index contributed by atoms with van der Waals surface area (Å²) in [4.78, 5) is 12.2. The van der Waals surface area contributed by atoms with Gasteiger partial charge in [0.1, 0.15) is 12.4 Å². The zero-order valence-electron chi connectivity index (χ0n) is 14.4. The van der Waals surface area contributed by atoms with Crippen LogP contribution in [0.3, 0.4) is 0 Å². The number of carbonyl (C=O) groups excluding carboxylic acids is 1. The Morgan fingerprint density at radius 1 is 0.769 bits per heavy atom. The molecule has 3 rings (SSSR count). The fourth-order valence-electron chi connectivity index (χ4n) is 2.55. The van der Waals surface area contributed by atoms with Gasteiger partial charge < -0.3 is 4.74 Å². The van der Waals surface area contributed by atoms with Crippen molar-refractivity contribution in [3.05, 3.63) is 102 Å². The van der Waals surface area contributed by atoms with Crippen LogP contribution in [0.15, 0.2) is 84.9 Å². The van der Waals surface area contributed by atoms with E-state index in [-0.39, 0.29) is 18.9 Å². The first-order valence-electron chi connectivity index (χ1n) is 8.49. The maximum Gasteiger partial charge on any atom is 0.250 e. The maximum absolute atomic E-state index is 12.2. The minimum absolute atomic E-state index is 0.141. The Morgan fingerprint density at radius 3 is 1.96 bits per heavy atom.